The maximum Gasteiger partial charge on any atom is 0.227 e. The van der Waals surface area contributed by atoms with E-state index in [1.165, 1.54) is 0 Å². The molecule has 0 saturated carbocycles. The minimum Gasteiger partial charge on any atom is -0.497 e. The molecule has 2 atom stereocenters. The molecule has 2 rings (SSSR count). The molecule has 0 bridgehead atoms. The van der Waals surface area contributed by atoms with Crippen molar-refractivity contribution >= 4 is 22.6 Å². The standard InChI is InChI=1S/C20H26N2O5/c1-13(20(26)21-8-7-19(25)22-11-17(24)12-23)14-3-4-16-10-18(27-2)6-5-15(16)9-14/h3-6,9-10,13,17,23-24H,7-8,11-12H2,1-2H3,(H,21,26)(H,22,25)/t13-,17?/m0/s1. The van der Waals surface area contributed by atoms with Gasteiger partial charge in [-0.3, -0.25) is 9.59 Å². The molecule has 27 heavy (non-hydrogen) atoms. The predicted octanol–water partition coefficient (Wildman–Crippen LogP) is 0.928. The Bertz CT molecular complexity index is 793. The van der Waals surface area contributed by atoms with Gasteiger partial charge in [-0.15, -0.1) is 0 Å². The Kier molecular flexibility index (Phi) is 7.57. The first-order chi connectivity index (χ1) is 12.9. The van der Waals surface area contributed by atoms with E-state index in [9.17, 15) is 14.7 Å². The quantitative estimate of drug-likeness (QED) is 0.522. The lowest BCUT2D eigenvalue weighted by molar-refractivity contribution is -0.123. The largest absolute Gasteiger partial charge is 0.497 e. The van der Waals surface area contributed by atoms with Crippen LogP contribution < -0.4 is 15.4 Å². The van der Waals surface area contributed by atoms with Crippen LogP contribution in [0.1, 0.15) is 24.8 Å². The summed E-state index contributed by atoms with van der Waals surface area (Å²) >= 11 is 0. The molecule has 2 aromatic rings. The van der Waals surface area contributed by atoms with E-state index >= 15 is 0 Å². The van der Waals surface area contributed by atoms with Gasteiger partial charge < -0.3 is 25.6 Å². The van der Waals surface area contributed by atoms with Crippen molar-refractivity contribution in [3.8, 4) is 5.75 Å². The van der Waals surface area contributed by atoms with Gasteiger partial charge in [-0.05, 0) is 35.4 Å². The van der Waals surface area contributed by atoms with Gasteiger partial charge in [-0.2, -0.15) is 0 Å². The van der Waals surface area contributed by atoms with Crippen molar-refractivity contribution < 1.29 is 24.5 Å². The zero-order chi connectivity index (χ0) is 19.8. The Balaban J connectivity index is 1.87. The zero-order valence-corrected chi connectivity index (χ0v) is 15.6. The number of hydrogen-bond acceptors (Lipinski definition) is 5. The third-order valence-corrected chi connectivity index (χ3v) is 4.36. The summed E-state index contributed by atoms with van der Waals surface area (Å²) in [5, 5.41) is 25.2. The van der Waals surface area contributed by atoms with E-state index in [2.05, 4.69) is 10.6 Å². The predicted molar refractivity (Wildman–Crippen MR) is 103 cm³/mol. The molecule has 0 heterocycles. The third kappa shape index (κ3) is 5.94. The maximum atomic E-state index is 12.3. The molecule has 2 amide bonds. The van der Waals surface area contributed by atoms with Crippen LogP contribution >= 0.6 is 0 Å². The Morgan fingerprint density at radius 1 is 1.11 bits per heavy atom. The number of ether oxygens (including phenoxy) is 1. The van der Waals surface area contributed by atoms with E-state index < -0.39 is 12.7 Å². The lowest BCUT2D eigenvalue weighted by Gasteiger charge is -2.14. The van der Waals surface area contributed by atoms with Gasteiger partial charge in [0.1, 0.15) is 5.75 Å². The monoisotopic (exact) mass is 374 g/mol. The van der Waals surface area contributed by atoms with Gasteiger partial charge in [-0.25, -0.2) is 0 Å². The van der Waals surface area contributed by atoms with Crippen molar-refractivity contribution in [2.75, 3.05) is 26.8 Å². The number of benzene rings is 2. The summed E-state index contributed by atoms with van der Waals surface area (Å²) in [6, 6.07) is 11.6. The Morgan fingerprint density at radius 3 is 2.52 bits per heavy atom. The van der Waals surface area contributed by atoms with Crippen molar-refractivity contribution in [3.63, 3.8) is 0 Å². The van der Waals surface area contributed by atoms with Gasteiger partial charge in [-0.1, -0.05) is 24.3 Å². The topological polar surface area (TPSA) is 108 Å². The molecule has 0 aromatic heterocycles. The fourth-order valence-corrected chi connectivity index (χ4v) is 2.63. The van der Waals surface area contributed by atoms with E-state index in [0.717, 1.165) is 22.1 Å². The number of methoxy groups -OCH3 is 1. The van der Waals surface area contributed by atoms with Crippen LogP contribution in [0.3, 0.4) is 0 Å². The van der Waals surface area contributed by atoms with E-state index in [-0.39, 0.29) is 37.2 Å². The van der Waals surface area contributed by atoms with E-state index in [1.54, 1.807) is 7.11 Å². The summed E-state index contributed by atoms with van der Waals surface area (Å²) in [7, 11) is 1.62. The van der Waals surface area contributed by atoms with E-state index in [4.69, 9.17) is 9.84 Å². The second-order valence-corrected chi connectivity index (χ2v) is 6.38. The molecule has 1 unspecified atom stereocenters. The highest BCUT2D eigenvalue weighted by molar-refractivity contribution is 5.88. The van der Waals surface area contributed by atoms with Crippen LogP contribution in [0, 0.1) is 0 Å². The van der Waals surface area contributed by atoms with Crippen LogP contribution in [-0.2, 0) is 9.59 Å². The molecule has 0 radical (unpaired) electrons. The minimum atomic E-state index is -0.976. The Hall–Kier alpha value is -2.64. The van der Waals surface area contributed by atoms with Crippen molar-refractivity contribution in [3.05, 3.63) is 42.0 Å². The average Bonchev–Trinajstić information content (AvgIpc) is 2.70. The van der Waals surface area contributed by atoms with Gasteiger partial charge in [0.15, 0.2) is 0 Å². The third-order valence-electron chi connectivity index (χ3n) is 4.36. The van der Waals surface area contributed by atoms with Crippen LogP contribution in [0.25, 0.3) is 10.8 Å². The number of aliphatic hydroxyl groups is 2. The SMILES string of the molecule is COc1ccc2cc([C@H](C)C(=O)NCCC(=O)NCC(O)CO)ccc2c1. The Labute approximate surface area is 158 Å². The summed E-state index contributed by atoms with van der Waals surface area (Å²) in [5.74, 6) is -0.0252. The normalized spacial score (nSPS) is 13.0. The van der Waals surface area contributed by atoms with Crippen molar-refractivity contribution in [1.29, 1.82) is 0 Å². The highest BCUT2D eigenvalue weighted by Gasteiger charge is 2.16. The minimum absolute atomic E-state index is 0.0123. The molecule has 0 spiro atoms. The van der Waals surface area contributed by atoms with E-state index in [1.807, 2.05) is 43.3 Å². The smallest absolute Gasteiger partial charge is 0.227 e. The molecule has 4 N–H and O–H groups in total. The number of amides is 2. The fourth-order valence-electron chi connectivity index (χ4n) is 2.63. The first kappa shape index (κ1) is 20.7. The molecule has 146 valence electrons. The second kappa shape index (κ2) is 9.89. The van der Waals surface area contributed by atoms with Gasteiger partial charge in [0.05, 0.1) is 25.7 Å². The molecule has 2 aromatic carbocycles. The van der Waals surface area contributed by atoms with Crippen LogP contribution in [0.5, 0.6) is 5.75 Å². The number of nitrogens with one attached hydrogen (secondary N) is 2. The number of carbonyl (C=O) groups excluding carboxylic acids is 2. The second-order valence-electron chi connectivity index (χ2n) is 6.38. The number of fused-ring (bicyclic) bond motifs is 1. The maximum absolute atomic E-state index is 12.3. The van der Waals surface area contributed by atoms with Crippen molar-refractivity contribution in [2.24, 2.45) is 0 Å². The van der Waals surface area contributed by atoms with Crippen LogP contribution in [0.2, 0.25) is 0 Å². The summed E-state index contributed by atoms with van der Waals surface area (Å²) < 4.78 is 5.22. The Morgan fingerprint density at radius 2 is 1.81 bits per heavy atom. The molecule has 0 aliphatic carbocycles. The lowest BCUT2D eigenvalue weighted by atomic mass is 9.97. The summed E-state index contributed by atoms with van der Waals surface area (Å²) in [5.41, 5.74) is 0.890. The van der Waals surface area contributed by atoms with Gasteiger partial charge in [0, 0.05) is 19.5 Å². The lowest BCUT2D eigenvalue weighted by Crippen LogP contribution is -2.36. The van der Waals surface area contributed by atoms with Gasteiger partial charge in [0.25, 0.3) is 0 Å². The van der Waals surface area contributed by atoms with Gasteiger partial charge >= 0.3 is 0 Å². The molecule has 0 fully saturated rings. The molecular formula is C20H26N2O5. The summed E-state index contributed by atoms with van der Waals surface area (Å²) in [6.07, 6.45) is -0.870. The van der Waals surface area contributed by atoms with Gasteiger partial charge in [0.2, 0.25) is 11.8 Å². The highest BCUT2D eigenvalue weighted by atomic mass is 16.5. The van der Waals surface area contributed by atoms with Crippen LogP contribution in [0.4, 0.5) is 0 Å². The van der Waals surface area contributed by atoms with Crippen LogP contribution in [0.15, 0.2) is 36.4 Å². The molecule has 0 aliphatic rings. The summed E-state index contributed by atoms with van der Waals surface area (Å²) in [6.45, 7) is 1.60. The molecule has 7 heteroatoms. The summed E-state index contributed by atoms with van der Waals surface area (Å²) in [4.78, 5) is 24.0. The number of aliphatic hydroxyl groups excluding tert-OH is 2. The molecular weight excluding hydrogens is 348 g/mol. The van der Waals surface area contributed by atoms with Crippen molar-refractivity contribution in [1.82, 2.24) is 10.6 Å². The van der Waals surface area contributed by atoms with Crippen LogP contribution in [-0.4, -0.2) is 54.9 Å². The zero-order valence-electron chi connectivity index (χ0n) is 15.6. The number of carbonyl (C=O) groups is 2. The van der Waals surface area contributed by atoms with Crippen molar-refractivity contribution in [2.45, 2.75) is 25.4 Å². The molecule has 0 aliphatic heterocycles. The highest BCUT2D eigenvalue weighted by Crippen LogP contribution is 2.25. The first-order valence-electron chi connectivity index (χ1n) is 8.85. The molecule has 0 saturated heterocycles. The average molecular weight is 374 g/mol. The first-order valence-corrected chi connectivity index (χ1v) is 8.85. The molecule has 7 nitrogen and oxygen atoms in total. The van der Waals surface area contributed by atoms with E-state index in [0.29, 0.717) is 0 Å². The fraction of sp³-hybridized carbons (Fsp3) is 0.400. The number of rotatable bonds is 9. The number of hydrogen-bond donors (Lipinski definition) is 4.